The average Bonchev–Trinajstić information content (AvgIpc) is 2.89. The molecule has 0 aliphatic carbocycles. The number of alkyl halides is 1. The number of carbonyl (C=O) groups is 2. The average molecular weight is 315 g/mol. The Bertz CT molecular complexity index is 544. The molecule has 0 radical (unpaired) electrons. The minimum absolute atomic E-state index is 0.0662. The van der Waals surface area contributed by atoms with Crippen molar-refractivity contribution in [2.45, 2.75) is 25.3 Å². The summed E-state index contributed by atoms with van der Waals surface area (Å²) >= 11 is 6.19. The maximum atomic E-state index is 11.3. The smallest absolute Gasteiger partial charge is 0.303 e. The van der Waals surface area contributed by atoms with Gasteiger partial charge in [0, 0.05) is 13.8 Å². The molecule has 6 nitrogen and oxygen atoms in total. The number of fused-ring (bicyclic) bond motifs is 1. The quantitative estimate of drug-likeness (QED) is 0.613. The number of ether oxygens (including phenoxy) is 4. The molecule has 0 amide bonds. The molecule has 1 aliphatic rings. The first-order valence-electron chi connectivity index (χ1n) is 6.31. The van der Waals surface area contributed by atoms with Crippen LogP contribution in [0, 0.1) is 0 Å². The van der Waals surface area contributed by atoms with Crippen molar-refractivity contribution in [1.29, 1.82) is 0 Å². The fourth-order valence-corrected chi connectivity index (χ4v) is 2.16. The van der Waals surface area contributed by atoms with Gasteiger partial charge in [-0.15, -0.1) is 11.6 Å². The van der Waals surface area contributed by atoms with E-state index in [1.165, 1.54) is 13.8 Å². The molecule has 21 heavy (non-hydrogen) atoms. The van der Waals surface area contributed by atoms with Crippen LogP contribution in [0.3, 0.4) is 0 Å². The molecule has 0 aromatic heterocycles. The number of hydrogen-bond donors (Lipinski definition) is 0. The molecule has 2 rings (SSSR count). The molecule has 1 aliphatic heterocycles. The highest BCUT2D eigenvalue weighted by Crippen LogP contribution is 2.36. The molecule has 1 heterocycles. The number of hydrogen-bond acceptors (Lipinski definition) is 6. The van der Waals surface area contributed by atoms with Gasteiger partial charge in [-0.25, -0.2) is 0 Å². The third-order valence-electron chi connectivity index (χ3n) is 2.79. The van der Waals surface area contributed by atoms with Crippen molar-refractivity contribution >= 4 is 23.5 Å². The topological polar surface area (TPSA) is 71.1 Å². The Hall–Kier alpha value is -1.95. The summed E-state index contributed by atoms with van der Waals surface area (Å²) in [6.45, 7) is 2.65. The summed E-state index contributed by atoms with van der Waals surface area (Å²) in [6, 6.07) is 5.13. The van der Waals surface area contributed by atoms with Crippen LogP contribution in [0.15, 0.2) is 18.2 Å². The number of carbonyl (C=O) groups excluding carboxylic acids is 2. The normalized spacial score (nSPS) is 15.2. The van der Waals surface area contributed by atoms with E-state index in [0.29, 0.717) is 17.1 Å². The fourth-order valence-electron chi connectivity index (χ4n) is 1.90. The summed E-state index contributed by atoms with van der Waals surface area (Å²) in [5.41, 5.74) is 0.640. The molecule has 0 spiro atoms. The molecule has 0 bridgehead atoms. The van der Waals surface area contributed by atoms with Crippen LogP contribution in [0.4, 0.5) is 0 Å². The Kier molecular flexibility index (Phi) is 4.90. The maximum Gasteiger partial charge on any atom is 0.303 e. The fraction of sp³-hybridized carbons (Fsp3) is 0.429. The minimum atomic E-state index is -0.752. The van der Waals surface area contributed by atoms with E-state index in [1.807, 2.05) is 0 Å². The van der Waals surface area contributed by atoms with Crippen LogP contribution in [-0.2, 0) is 19.1 Å². The molecular formula is C14H15ClO6. The molecule has 0 saturated carbocycles. The monoisotopic (exact) mass is 314 g/mol. The minimum Gasteiger partial charge on any atom is -0.464 e. The summed E-state index contributed by atoms with van der Waals surface area (Å²) in [5.74, 6) is 0.242. The van der Waals surface area contributed by atoms with Crippen LogP contribution in [0.25, 0.3) is 0 Å². The van der Waals surface area contributed by atoms with Gasteiger partial charge in [-0.3, -0.25) is 9.59 Å². The number of benzene rings is 1. The van der Waals surface area contributed by atoms with Gasteiger partial charge in [0.2, 0.25) is 6.79 Å². The van der Waals surface area contributed by atoms with Crippen molar-refractivity contribution in [3.63, 3.8) is 0 Å². The highest BCUT2D eigenvalue weighted by molar-refractivity contribution is 6.21. The van der Waals surface area contributed by atoms with E-state index < -0.39 is 23.4 Å². The second kappa shape index (κ2) is 6.67. The molecule has 1 aromatic rings. The van der Waals surface area contributed by atoms with Crippen molar-refractivity contribution in [3.8, 4) is 11.5 Å². The third-order valence-corrected chi connectivity index (χ3v) is 3.15. The number of esters is 2. The summed E-state index contributed by atoms with van der Waals surface area (Å²) in [7, 11) is 0. The van der Waals surface area contributed by atoms with Gasteiger partial charge in [-0.2, -0.15) is 0 Å². The Morgan fingerprint density at radius 2 is 1.95 bits per heavy atom. The zero-order chi connectivity index (χ0) is 15.4. The second-order valence-corrected chi connectivity index (χ2v) is 5.02. The summed E-state index contributed by atoms with van der Waals surface area (Å²) < 4.78 is 20.6. The molecule has 114 valence electrons. The Morgan fingerprint density at radius 3 is 2.62 bits per heavy atom. The Morgan fingerprint density at radius 1 is 1.24 bits per heavy atom. The Labute approximate surface area is 126 Å². The standard InChI is InChI=1S/C14H15ClO6/c1-8(16)18-6-11(15)14(21-9(2)17)10-3-4-12-13(5-10)20-7-19-12/h3-5,11,14H,6-7H2,1-2H3/t11-,14+/m0/s1. The SMILES string of the molecule is CC(=O)OC[C@H](Cl)[C@H](OC(C)=O)c1ccc2c(c1)OCO2. The highest BCUT2D eigenvalue weighted by atomic mass is 35.5. The second-order valence-electron chi connectivity index (χ2n) is 4.46. The van der Waals surface area contributed by atoms with Gasteiger partial charge >= 0.3 is 11.9 Å². The maximum absolute atomic E-state index is 11.3. The van der Waals surface area contributed by atoms with Crippen LogP contribution in [0.2, 0.25) is 0 Å². The van der Waals surface area contributed by atoms with E-state index in [4.69, 9.17) is 30.5 Å². The van der Waals surface area contributed by atoms with Gasteiger partial charge in [0.05, 0.1) is 0 Å². The molecular weight excluding hydrogens is 300 g/mol. The van der Waals surface area contributed by atoms with Crippen LogP contribution in [-0.4, -0.2) is 30.7 Å². The zero-order valence-electron chi connectivity index (χ0n) is 11.6. The molecule has 0 N–H and O–H groups in total. The first kappa shape index (κ1) is 15.4. The van der Waals surface area contributed by atoms with Crippen LogP contribution >= 0.6 is 11.6 Å². The Balaban J connectivity index is 2.18. The van der Waals surface area contributed by atoms with E-state index in [2.05, 4.69) is 0 Å². The van der Waals surface area contributed by atoms with Crippen molar-refractivity contribution in [2.75, 3.05) is 13.4 Å². The van der Waals surface area contributed by atoms with Gasteiger partial charge in [0.15, 0.2) is 11.5 Å². The number of rotatable bonds is 5. The molecule has 1 aromatic carbocycles. The van der Waals surface area contributed by atoms with Crippen molar-refractivity contribution in [1.82, 2.24) is 0 Å². The van der Waals surface area contributed by atoms with Crippen molar-refractivity contribution in [2.24, 2.45) is 0 Å². The highest BCUT2D eigenvalue weighted by Gasteiger charge is 2.27. The summed E-state index contributed by atoms with van der Waals surface area (Å²) in [4.78, 5) is 22.1. The lowest BCUT2D eigenvalue weighted by atomic mass is 10.1. The van der Waals surface area contributed by atoms with Crippen molar-refractivity contribution < 1.29 is 28.5 Å². The lowest BCUT2D eigenvalue weighted by Gasteiger charge is -2.22. The molecule has 7 heteroatoms. The number of halogens is 1. The van der Waals surface area contributed by atoms with Crippen LogP contribution in [0.1, 0.15) is 25.5 Å². The van der Waals surface area contributed by atoms with Gasteiger partial charge in [-0.05, 0) is 17.7 Å². The van der Waals surface area contributed by atoms with Crippen LogP contribution < -0.4 is 9.47 Å². The van der Waals surface area contributed by atoms with Crippen molar-refractivity contribution in [3.05, 3.63) is 23.8 Å². The molecule has 0 unspecified atom stereocenters. The van der Waals surface area contributed by atoms with Gasteiger partial charge < -0.3 is 18.9 Å². The van der Waals surface area contributed by atoms with E-state index in [-0.39, 0.29) is 13.4 Å². The zero-order valence-corrected chi connectivity index (χ0v) is 12.4. The molecule has 0 fully saturated rings. The van der Waals surface area contributed by atoms with E-state index in [9.17, 15) is 9.59 Å². The predicted molar refractivity (Wildman–Crippen MR) is 73.3 cm³/mol. The van der Waals surface area contributed by atoms with E-state index in [0.717, 1.165) is 0 Å². The first-order chi connectivity index (χ1) is 9.97. The van der Waals surface area contributed by atoms with Gasteiger partial charge in [0.25, 0.3) is 0 Å². The largest absolute Gasteiger partial charge is 0.464 e. The molecule has 0 saturated heterocycles. The predicted octanol–water partition coefficient (Wildman–Crippen LogP) is 2.19. The first-order valence-corrected chi connectivity index (χ1v) is 6.75. The third kappa shape index (κ3) is 4.01. The lowest BCUT2D eigenvalue weighted by Crippen LogP contribution is -2.24. The van der Waals surface area contributed by atoms with E-state index >= 15 is 0 Å². The van der Waals surface area contributed by atoms with Gasteiger partial charge in [-0.1, -0.05) is 6.07 Å². The van der Waals surface area contributed by atoms with Crippen LogP contribution in [0.5, 0.6) is 11.5 Å². The lowest BCUT2D eigenvalue weighted by molar-refractivity contribution is -0.148. The summed E-state index contributed by atoms with van der Waals surface area (Å²) in [6.07, 6.45) is -0.752. The van der Waals surface area contributed by atoms with E-state index in [1.54, 1.807) is 18.2 Å². The van der Waals surface area contributed by atoms with Gasteiger partial charge in [0.1, 0.15) is 18.1 Å². The summed E-state index contributed by atoms with van der Waals surface area (Å²) in [5, 5.41) is -0.710. The molecule has 2 atom stereocenters.